The van der Waals surface area contributed by atoms with Gasteiger partial charge >= 0.3 is 5.97 Å². The lowest BCUT2D eigenvalue weighted by molar-refractivity contribution is -0.145. The van der Waals surface area contributed by atoms with Crippen LogP contribution in [0.5, 0.6) is 0 Å². The topological polar surface area (TPSA) is 26.3 Å². The molecule has 2 heteroatoms. The van der Waals surface area contributed by atoms with Crippen molar-refractivity contribution in [2.24, 2.45) is 46.3 Å². The van der Waals surface area contributed by atoms with Gasteiger partial charge in [0.05, 0.1) is 6.92 Å². The minimum atomic E-state index is -0.365. The average Bonchev–Trinajstić information content (AvgIpc) is 3.05. The van der Waals surface area contributed by atoms with E-state index in [4.69, 9.17) is 4.74 Å². The van der Waals surface area contributed by atoms with Crippen LogP contribution < -0.4 is 0 Å². The van der Waals surface area contributed by atoms with Crippen LogP contribution in [-0.4, -0.2) is 12.1 Å². The molecule has 0 aromatic rings. The molecule has 0 spiro atoms. The first-order valence-corrected chi connectivity index (χ1v) is 13.4. The maximum absolute atomic E-state index is 11.4. The van der Waals surface area contributed by atoms with E-state index in [1.807, 2.05) is 0 Å². The van der Waals surface area contributed by atoms with Gasteiger partial charge in [0, 0.05) is 6.42 Å². The number of fused-ring (bicyclic) bond motifs is 5. The third-order valence-corrected chi connectivity index (χ3v) is 10.6. The molecule has 4 aliphatic rings. The molecule has 0 saturated heterocycles. The van der Waals surface area contributed by atoms with Gasteiger partial charge in [0.2, 0.25) is 0 Å². The Hall–Kier alpha value is -0.790. The Morgan fingerprint density at radius 3 is 2.58 bits per heavy atom. The van der Waals surface area contributed by atoms with Gasteiger partial charge in [0.25, 0.3) is 0 Å². The lowest BCUT2D eigenvalue weighted by atomic mass is 9.47. The molecule has 2 nitrogen and oxygen atoms in total. The number of carbonyl (C=O) groups is 1. The molecule has 3 fully saturated rings. The molecule has 0 aromatic heterocycles. The second kappa shape index (κ2) is 8.86. The van der Waals surface area contributed by atoms with Crippen LogP contribution >= 0.6 is 0 Å². The van der Waals surface area contributed by atoms with Crippen molar-refractivity contribution in [1.82, 2.24) is 0 Å². The normalized spacial score (nSPS) is 42.9. The van der Waals surface area contributed by atoms with E-state index >= 15 is 0 Å². The number of hydrogen-bond donors (Lipinski definition) is 0. The van der Waals surface area contributed by atoms with Gasteiger partial charge in [-0.1, -0.05) is 65.5 Å². The summed E-state index contributed by atoms with van der Waals surface area (Å²) in [6, 6.07) is 0. The van der Waals surface area contributed by atoms with Crippen LogP contribution in [-0.2, 0) is 9.53 Å². The average molecular weight is 428 g/mol. The molecule has 0 aromatic carbocycles. The van der Waals surface area contributed by atoms with E-state index in [9.17, 15) is 4.79 Å². The summed E-state index contributed by atoms with van der Waals surface area (Å²) in [5.41, 5.74) is 2.47. The summed E-state index contributed by atoms with van der Waals surface area (Å²) >= 11 is 0. The van der Waals surface area contributed by atoms with Crippen LogP contribution in [0.3, 0.4) is 0 Å². The second-order valence-corrected chi connectivity index (χ2v) is 12.6. The molecule has 175 valence electrons. The Morgan fingerprint density at radius 2 is 1.87 bits per heavy atom. The molecule has 0 bridgehead atoms. The van der Waals surface area contributed by atoms with Crippen molar-refractivity contribution in [1.29, 1.82) is 0 Å². The van der Waals surface area contributed by atoms with Crippen molar-refractivity contribution in [3.63, 3.8) is 0 Å². The number of rotatable bonds is 6. The molecule has 31 heavy (non-hydrogen) atoms. The van der Waals surface area contributed by atoms with Gasteiger partial charge in [-0.15, -0.1) is 0 Å². The minimum absolute atomic E-state index is 0.0530. The smallest absolute Gasteiger partial charge is 0.306 e. The van der Waals surface area contributed by atoms with Gasteiger partial charge in [0.1, 0.15) is 6.10 Å². The third-order valence-electron chi connectivity index (χ3n) is 10.6. The van der Waals surface area contributed by atoms with Gasteiger partial charge in [-0.3, -0.25) is 4.79 Å². The molecule has 4 rings (SSSR count). The Bertz CT molecular complexity index is 693. The standard InChI is InChI=1S/C29H47O2/c1-19(2)8-7-9-20(3)25-12-13-26-24-11-10-22-18-23(31-21(4)30)14-16-28(22,5)27(24)15-17-29(25,26)6/h10,19-20,23-27H,4,7-9,11-18H2,1-3,5-6H3/t20-,23+,24+,25-,26+,27+,28+,29-/m1/s1. The first kappa shape index (κ1) is 23.4. The Labute approximate surface area is 192 Å². The fraction of sp³-hybridized carbons (Fsp3) is 0.862. The summed E-state index contributed by atoms with van der Waals surface area (Å²) in [4.78, 5) is 11.4. The number of allylic oxidation sites excluding steroid dienone is 1. The lowest BCUT2D eigenvalue weighted by Gasteiger charge is -2.58. The zero-order valence-electron chi connectivity index (χ0n) is 20.9. The first-order valence-electron chi connectivity index (χ1n) is 13.4. The van der Waals surface area contributed by atoms with Crippen molar-refractivity contribution >= 4 is 5.97 Å². The van der Waals surface area contributed by atoms with E-state index in [2.05, 4.69) is 47.6 Å². The maximum atomic E-state index is 11.4. The molecule has 0 N–H and O–H groups in total. The van der Waals surface area contributed by atoms with Crippen LogP contribution in [0.2, 0.25) is 0 Å². The molecule has 3 saturated carbocycles. The van der Waals surface area contributed by atoms with Crippen molar-refractivity contribution < 1.29 is 9.53 Å². The molecule has 0 amide bonds. The zero-order chi connectivity index (χ0) is 22.4. The highest BCUT2D eigenvalue weighted by atomic mass is 16.5. The fourth-order valence-electron chi connectivity index (χ4n) is 8.94. The lowest BCUT2D eigenvalue weighted by Crippen LogP contribution is -2.51. The highest BCUT2D eigenvalue weighted by molar-refractivity contribution is 5.73. The van der Waals surface area contributed by atoms with Crippen molar-refractivity contribution in [2.45, 2.75) is 111 Å². The summed E-state index contributed by atoms with van der Waals surface area (Å²) in [6.07, 6.45) is 17.0. The molecular formula is C29H47O2. The molecule has 1 radical (unpaired) electrons. The van der Waals surface area contributed by atoms with Crippen LogP contribution in [0, 0.1) is 53.3 Å². The number of esters is 1. The van der Waals surface area contributed by atoms with Gasteiger partial charge in [0.15, 0.2) is 0 Å². The van der Waals surface area contributed by atoms with Crippen LogP contribution in [0.15, 0.2) is 11.6 Å². The maximum Gasteiger partial charge on any atom is 0.306 e. The van der Waals surface area contributed by atoms with Gasteiger partial charge < -0.3 is 4.74 Å². The van der Waals surface area contributed by atoms with Crippen LogP contribution in [0.4, 0.5) is 0 Å². The van der Waals surface area contributed by atoms with E-state index in [0.29, 0.717) is 10.8 Å². The summed E-state index contributed by atoms with van der Waals surface area (Å²) in [6.45, 7) is 15.9. The molecule has 0 heterocycles. The number of hydrogen-bond acceptors (Lipinski definition) is 2. The molecule has 8 atom stereocenters. The summed E-state index contributed by atoms with van der Waals surface area (Å²) in [5, 5.41) is 0. The predicted molar refractivity (Wildman–Crippen MR) is 128 cm³/mol. The van der Waals surface area contributed by atoms with E-state index in [0.717, 1.165) is 48.3 Å². The monoisotopic (exact) mass is 427 g/mol. The molecular weight excluding hydrogens is 380 g/mol. The van der Waals surface area contributed by atoms with E-state index in [-0.39, 0.29) is 12.1 Å². The Kier molecular flexibility index (Phi) is 6.68. The summed E-state index contributed by atoms with van der Waals surface area (Å²) in [7, 11) is 0. The fourth-order valence-corrected chi connectivity index (χ4v) is 8.94. The van der Waals surface area contributed by atoms with Crippen molar-refractivity contribution in [3.8, 4) is 0 Å². The van der Waals surface area contributed by atoms with E-state index in [1.165, 1.54) is 57.8 Å². The van der Waals surface area contributed by atoms with Crippen LogP contribution in [0.25, 0.3) is 0 Å². The first-order chi connectivity index (χ1) is 14.6. The highest BCUT2D eigenvalue weighted by Gasteiger charge is 2.59. The summed E-state index contributed by atoms with van der Waals surface area (Å²) in [5.74, 6) is 4.89. The van der Waals surface area contributed by atoms with Crippen molar-refractivity contribution in [2.75, 3.05) is 0 Å². The second-order valence-electron chi connectivity index (χ2n) is 12.6. The van der Waals surface area contributed by atoms with Crippen molar-refractivity contribution in [3.05, 3.63) is 18.6 Å². The predicted octanol–water partition coefficient (Wildman–Crippen LogP) is 7.77. The highest BCUT2D eigenvalue weighted by Crippen LogP contribution is 2.67. The largest absolute Gasteiger partial charge is 0.462 e. The van der Waals surface area contributed by atoms with Crippen LogP contribution in [0.1, 0.15) is 105 Å². The van der Waals surface area contributed by atoms with Gasteiger partial charge in [-0.05, 0) is 91.3 Å². The van der Waals surface area contributed by atoms with Gasteiger partial charge in [-0.2, -0.15) is 0 Å². The summed E-state index contributed by atoms with van der Waals surface area (Å²) < 4.78 is 5.50. The van der Waals surface area contributed by atoms with E-state index < -0.39 is 0 Å². The molecule has 4 aliphatic carbocycles. The quantitative estimate of drug-likeness (QED) is 0.319. The minimum Gasteiger partial charge on any atom is -0.462 e. The third kappa shape index (κ3) is 4.26. The molecule has 0 unspecified atom stereocenters. The van der Waals surface area contributed by atoms with Gasteiger partial charge in [-0.25, -0.2) is 0 Å². The van der Waals surface area contributed by atoms with E-state index in [1.54, 1.807) is 5.57 Å². The SMILES string of the molecule is [CH2]C(=O)O[C@H]1CC[C@@]2(C)C(=CC[C@H]3[C@@H]4CC[C@H]([C@H](C)CCCC(C)C)[C@@]4(C)CC[C@@H]32)C1. The number of ether oxygens (including phenoxy) is 1. The Balaban J connectivity index is 1.47. The zero-order valence-corrected chi connectivity index (χ0v) is 20.9. The molecule has 0 aliphatic heterocycles. The number of carbonyl (C=O) groups excluding carboxylic acids is 1. The Morgan fingerprint density at radius 1 is 1.10 bits per heavy atom.